The molecule has 0 unspecified atom stereocenters. The highest BCUT2D eigenvalue weighted by Crippen LogP contribution is 2.38. The van der Waals surface area contributed by atoms with Crippen LogP contribution in [0.4, 0.5) is 0 Å². The van der Waals surface area contributed by atoms with E-state index in [1.165, 1.54) is 13.4 Å². The van der Waals surface area contributed by atoms with Crippen molar-refractivity contribution in [1.29, 1.82) is 0 Å². The second-order valence-electron chi connectivity index (χ2n) is 5.69. The Bertz CT molecular complexity index is 817. The number of hydrogen-bond acceptors (Lipinski definition) is 5. The number of aryl methyl sites for hydroxylation is 1. The van der Waals surface area contributed by atoms with Crippen LogP contribution in [0.3, 0.4) is 0 Å². The summed E-state index contributed by atoms with van der Waals surface area (Å²) in [6, 6.07) is 6.93. The summed E-state index contributed by atoms with van der Waals surface area (Å²) in [4.78, 5) is 8.51. The minimum atomic E-state index is -3.68. The lowest BCUT2D eigenvalue weighted by Gasteiger charge is -2.11. The Morgan fingerprint density at radius 1 is 1.26 bits per heavy atom. The summed E-state index contributed by atoms with van der Waals surface area (Å²) in [5.41, 5.74) is 2.50. The van der Waals surface area contributed by atoms with E-state index in [-0.39, 0.29) is 11.4 Å². The van der Waals surface area contributed by atoms with Crippen LogP contribution in [-0.2, 0) is 16.6 Å². The summed E-state index contributed by atoms with van der Waals surface area (Å²) in [6.45, 7) is 1.96. The molecule has 1 aliphatic rings. The van der Waals surface area contributed by atoms with Gasteiger partial charge < -0.3 is 4.74 Å². The van der Waals surface area contributed by atoms with E-state index in [2.05, 4.69) is 14.7 Å². The van der Waals surface area contributed by atoms with E-state index >= 15 is 0 Å². The fraction of sp³-hybridized carbons (Fsp3) is 0.375. The minimum absolute atomic E-state index is 0.127. The Hall–Kier alpha value is -1.99. The summed E-state index contributed by atoms with van der Waals surface area (Å²) in [7, 11) is -2.22. The van der Waals surface area contributed by atoms with E-state index in [0.717, 1.165) is 24.1 Å². The zero-order valence-corrected chi connectivity index (χ0v) is 13.9. The van der Waals surface area contributed by atoms with Gasteiger partial charge in [0, 0.05) is 11.6 Å². The molecule has 0 radical (unpaired) electrons. The molecule has 0 aliphatic heterocycles. The van der Waals surface area contributed by atoms with Crippen LogP contribution in [0.2, 0.25) is 0 Å². The first kappa shape index (κ1) is 15.9. The Labute approximate surface area is 136 Å². The van der Waals surface area contributed by atoms with E-state index in [0.29, 0.717) is 17.4 Å². The first-order valence-corrected chi connectivity index (χ1v) is 8.93. The lowest BCUT2D eigenvalue weighted by Crippen LogP contribution is -2.24. The summed E-state index contributed by atoms with van der Waals surface area (Å²) in [5, 5.41) is 0. The summed E-state index contributed by atoms with van der Waals surface area (Å²) in [5.74, 6) is 0.828. The molecule has 1 saturated carbocycles. The van der Waals surface area contributed by atoms with Crippen LogP contribution in [0, 0.1) is 6.92 Å². The Balaban J connectivity index is 1.79. The van der Waals surface area contributed by atoms with Gasteiger partial charge in [-0.05, 0) is 43.5 Å². The van der Waals surface area contributed by atoms with Gasteiger partial charge in [-0.1, -0.05) is 6.07 Å². The molecule has 6 nitrogen and oxygen atoms in total. The van der Waals surface area contributed by atoms with E-state index < -0.39 is 10.0 Å². The fourth-order valence-corrected chi connectivity index (χ4v) is 3.61. The van der Waals surface area contributed by atoms with Gasteiger partial charge in [0.15, 0.2) is 0 Å². The number of nitrogens with zero attached hydrogens (tertiary/aromatic N) is 2. The number of rotatable bonds is 6. The molecule has 0 bridgehead atoms. The van der Waals surface area contributed by atoms with Crippen molar-refractivity contribution in [1.82, 2.24) is 14.7 Å². The maximum absolute atomic E-state index is 12.5. The van der Waals surface area contributed by atoms with Gasteiger partial charge in [-0.2, -0.15) is 0 Å². The van der Waals surface area contributed by atoms with Crippen LogP contribution in [0.5, 0.6) is 5.75 Å². The van der Waals surface area contributed by atoms with Gasteiger partial charge in [-0.15, -0.1) is 0 Å². The summed E-state index contributed by atoms with van der Waals surface area (Å²) < 4.78 is 32.8. The van der Waals surface area contributed by atoms with Crippen molar-refractivity contribution in [2.45, 2.75) is 37.1 Å². The van der Waals surface area contributed by atoms with E-state index in [4.69, 9.17) is 4.74 Å². The van der Waals surface area contributed by atoms with Gasteiger partial charge >= 0.3 is 0 Å². The quantitative estimate of drug-likeness (QED) is 0.876. The molecular weight excluding hydrogens is 314 g/mol. The molecule has 0 saturated heterocycles. The molecule has 0 spiro atoms. The Morgan fingerprint density at radius 3 is 2.74 bits per heavy atom. The molecule has 0 atom stereocenters. The van der Waals surface area contributed by atoms with Gasteiger partial charge in [0.1, 0.15) is 17.0 Å². The minimum Gasteiger partial charge on any atom is -0.495 e. The zero-order chi connectivity index (χ0) is 16.4. The predicted octanol–water partition coefficient (Wildman–Crippen LogP) is 2.15. The van der Waals surface area contributed by atoms with Crippen LogP contribution < -0.4 is 9.46 Å². The molecular formula is C16H19N3O3S. The van der Waals surface area contributed by atoms with Crippen molar-refractivity contribution in [2.24, 2.45) is 0 Å². The van der Waals surface area contributed by atoms with Crippen LogP contribution >= 0.6 is 0 Å². The first-order valence-electron chi connectivity index (χ1n) is 7.45. The molecule has 1 aromatic heterocycles. The SMILES string of the molecule is COc1ccc(C)cc1S(=O)(=O)NCc1cc(C2CC2)ncn1. The van der Waals surface area contributed by atoms with Crippen molar-refractivity contribution in [2.75, 3.05) is 7.11 Å². The van der Waals surface area contributed by atoms with Gasteiger partial charge in [0.05, 0.1) is 19.3 Å². The Kier molecular flexibility index (Phi) is 4.32. The molecule has 0 amide bonds. The molecule has 23 heavy (non-hydrogen) atoms. The third-order valence-corrected chi connectivity index (χ3v) is 5.21. The molecule has 3 rings (SSSR count). The zero-order valence-electron chi connectivity index (χ0n) is 13.1. The smallest absolute Gasteiger partial charge is 0.244 e. The second kappa shape index (κ2) is 6.25. The van der Waals surface area contributed by atoms with Crippen LogP contribution in [0.15, 0.2) is 35.5 Å². The lowest BCUT2D eigenvalue weighted by molar-refractivity contribution is 0.402. The third kappa shape index (κ3) is 3.68. The normalized spacial score (nSPS) is 14.7. The van der Waals surface area contributed by atoms with E-state index in [9.17, 15) is 8.42 Å². The fourth-order valence-electron chi connectivity index (χ4n) is 2.35. The standard InChI is InChI=1S/C16H19N3O3S/c1-11-3-6-15(22-2)16(7-11)23(20,21)19-9-13-8-14(12-4-5-12)18-10-17-13/h3,6-8,10,12,19H,4-5,9H2,1-2H3. The third-order valence-electron chi connectivity index (χ3n) is 3.79. The molecule has 7 heteroatoms. The highest BCUT2D eigenvalue weighted by molar-refractivity contribution is 7.89. The van der Waals surface area contributed by atoms with Crippen LogP contribution in [0.1, 0.15) is 35.7 Å². The van der Waals surface area contributed by atoms with Crippen molar-refractivity contribution < 1.29 is 13.2 Å². The monoisotopic (exact) mass is 333 g/mol. The van der Waals surface area contributed by atoms with Crippen molar-refractivity contribution >= 4 is 10.0 Å². The van der Waals surface area contributed by atoms with Crippen molar-refractivity contribution in [3.05, 3.63) is 47.5 Å². The number of nitrogens with one attached hydrogen (secondary N) is 1. The topological polar surface area (TPSA) is 81.2 Å². The molecule has 1 aromatic carbocycles. The van der Waals surface area contributed by atoms with Crippen molar-refractivity contribution in [3.8, 4) is 5.75 Å². The Morgan fingerprint density at radius 2 is 2.04 bits per heavy atom. The molecule has 1 heterocycles. The number of methoxy groups -OCH3 is 1. The predicted molar refractivity (Wildman–Crippen MR) is 85.8 cm³/mol. The van der Waals surface area contributed by atoms with Crippen LogP contribution in [-0.4, -0.2) is 25.5 Å². The average molecular weight is 333 g/mol. The van der Waals surface area contributed by atoms with E-state index in [1.807, 2.05) is 19.1 Å². The van der Waals surface area contributed by atoms with Gasteiger partial charge in [0.25, 0.3) is 0 Å². The van der Waals surface area contributed by atoms with E-state index in [1.54, 1.807) is 12.1 Å². The lowest BCUT2D eigenvalue weighted by atomic mass is 10.2. The van der Waals surface area contributed by atoms with Crippen molar-refractivity contribution in [3.63, 3.8) is 0 Å². The molecule has 122 valence electrons. The molecule has 1 aliphatic carbocycles. The average Bonchev–Trinajstić information content (AvgIpc) is 3.38. The largest absolute Gasteiger partial charge is 0.495 e. The number of sulfonamides is 1. The van der Waals surface area contributed by atoms with Gasteiger partial charge in [-0.3, -0.25) is 0 Å². The number of aromatic nitrogens is 2. The van der Waals surface area contributed by atoms with Crippen LogP contribution in [0.25, 0.3) is 0 Å². The van der Waals surface area contributed by atoms with Gasteiger partial charge in [0.2, 0.25) is 10.0 Å². The highest BCUT2D eigenvalue weighted by Gasteiger charge is 2.25. The summed E-state index contributed by atoms with van der Waals surface area (Å²) >= 11 is 0. The molecule has 2 aromatic rings. The highest BCUT2D eigenvalue weighted by atomic mass is 32.2. The maximum Gasteiger partial charge on any atom is 0.244 e. The number of benzene rings is 1. The first-order chi connectivity index (χ1) is 11.0. The second-order valence-corrected chi connectivity index (χ2v) is 7.42. The maximum atomic E-state index is 12.5. The number of hydrogen-bond donors (Lipinski definition) is 1. The summed E-state index contributed by atoms with van der Waals surface area (Å²) in [6.07, 6.45) is 3.77. The molecule has 1 fully saturated rings. The molecule has 1 N–H and O–H groups in total. The van der Waals surface area contributed by atoms with Gasteiger partial charge in [-0.25, -0.2) is 23.1 Å². The number of ether oxygens (including phenoxy) is 1.